The second-order valence-electron chi connectivity index (χ2n) is 4.05. The van der Waals surface area contributed by atoms with Crippen LogP contribution in [0.15, 0.2) is 6.07 Å². The fourth-order valence-electron chi connectivity index (χ4n) is 1.38. The molecule has 0 saturated heterocycles. The van der Waals surface area contributed by atoms with Crippen molar-refractivity contribution in [3.63, 3.8) is 0 Å². The fourth-order valence-corrected chi connectivity index (χ4v) is 1.38. The number of aromatic nitrogens is 2. The van der Waals surface area contributed by atoms with E-state index in [9.17, 15) is 0 Å². The van der Waals surface area contributed by atoms with Gasteiger partial charge in [-0.1, -0.05) is 6.92 Å². The Morgan fingerprint density at radius 3 is 2.68 bits per heavy atom. The minimum Gasteiger partial charge on any atom is -0.475 e. The molecule has 1 rings (SSSR count). The SMILES string of the molecule is CCCNc1nc(C)cc(OCCOCCOC)n1. The number of methoxy groups -OCH3 is 1. The summed E-state index contributed by atoms with van der Waals surface area (Å²) in [7, 11) is 1.65. The van der Waals surface area contributed by atoms with E-state index in [-0.39, 0.29) is 0 Å². The maximum absolute atomic E-state index is 5.53. The van der Waals surface area contributed by atoms with E-state index in [4.69, 9.17) is 14.2 Å². The summed E-state index contributed by atoms with van der Waals surface area (Å²) >= 11 is 0. The molecule has 1 heterocycles. The van der Waals surface area contributed by atoms with Crippen LogP contribution in [0.4, 0.5) is 5.95 Å². The van der Waals surface area contributed by atoms with Crippen molar-refractivity contribution in [1.82, 2.24) is 9.97 Å². The van der Waals surface area contributed by atoms with E-state index >= 15 is 0 Å². The van der Waals surface area contributed by atoms with Gasteiger partial charge in [0.25, 0.3) is 0 Å². The summed E-state index contributed by atoms with van der Waals surface area (Å²) in [5.74, 6) is 1.18. The van der Waals surface area contributed by atoms with Crippen molar-refractivity contribution >= 4 is 5.95 Å². The van der Waals surface area contributed by atoms with Crippen LogP contribution in [0.5, 0.6) is 5.88 Å². The topological polar surface area (TPSA) is 65.5 Å². The van der Waals surface area contributed by atoms with Gasteiger partial charge >= 0.3 is 0 Å². The molecular weight excluding hydrogens is 246 g/mol. The first kappa shape index (κ1) is 15.7. The molecule has 6 nitrogen and oxygen atoms in total. The third kappa shape index (κ3) is 6.93. The number of nitrogens with zero attached hydrogens (tertiary/aromatic N) is 2. The molecule has 0 aliphatic heterocycles. The molecule has 0 amide bonds. The van der Waals surface area contributed by atoms with Gasteiger partial charge in [-0.3, -0.25) is 0 Å². The molecule has 1 N–H and O–H groups in total. The Balaban J connectivity index is 2.34. The summed E-state index contributed by atoms with van der Waals surface area (Å²) in [5, 5.41) is 3.14. The van der Waals surface area contributed by atoms with Gasteiger partial charge in [-0.25, -0.2) is 4.98 Å². The summed E-state index contributed by atoms with van der Waals surface area (Å²) in [6.45, 7) is 7.02. The number of aryl methyl sites for hydroxylation is 1. The van der Waals surface area contributed by atoms with Crippen molar-refractivity contribution in [3.8, 4) is 5.88 Å². The predicted octanol–water partition coefficient (Wildman–Crippen LogP) is 1.65. The Labute approximate surface area is 114 Å². The molecule has 0 aliphatic rings. The summed E-state index contributed by atoms with van der Waals surface area (Å²) in [6, 6.07) is 1.81. The zero-order valence-electron chi connectivity index (χ0n) is 11.9. The van der Waals surface area contributed by atoms with Crippen molar-refractivity contribution < 1.29 is 14.2 Å². The summed E-state index contributed by atoms with van der Waals surface area (Å²) < 4.78 is 15.7. The molecule has 0 saturated carbocycles. The standard InChI is InChI=1S/C13H23N3O3/c1-4-5-14-13-15-11(2)10-12(16-13)19-9-8-18-7-6-17-3/h10H,4-9H2,1-3H3,(H,14,15,16). The quantitative estimate of drug-likeness (QED) is 0.652. The van der Waals surface area contributed by atoms with Gasteiger partial charge < -0.3 is 19.5 Å². The second kappa shape index (κ2) is 9.52. The molecule has 0 bridgehead atoms. The lowest BCUT2D eigenvalue weighted by Gasteiger charge is -2.09. The van der Waals surface area contributed by atoms with Gasteiger partial charge in [0.15, 0.2) is 0 Å². The normalized spacial score (nSPS) is 10.5. The van der Waals surface area contributed by atoms with Crippen molar-refractivity contribution in [3.05, 3.63) is 11.8 Å². The smallest absolute Gasteiger partial charge is 0.226 e. The van der Waals surface area contributed by atoms with Crippen LogP contribution in [0.25, 0.3) is 0 Å². The van der Waals surface area contributed by atoms with E-state index in [1.807, 2.05) is 13.0 Å². The summed E-state index contributed by atoms with van der Waals surface area (Å²) in [4.78, 5) is 8.57. The highest BCUT2D eigenvalue weighted by atomic mass is 16.5. The summed E-state index contributed by atoms with van der Waals surface area (Å²) in [5.41, 5.74) is 0.879. The molecule has 0 aromatic carbocycles. The largest absolute Gasteiger partial charge is 0.475 e. The van der Waals surface area contributed by atoms with Gasteiger partial charge in [0.05, 0.1) is 19.8 Å². The first-order valence-corrected chi connectivity index (χ1v) is 6.55. The van der Waals surface area contributed by atoms with Crippen LogP contribution in [-0.2, 0) is 9.47 Å². The molecule has 0 aliphatic carbocycles. The molecule has 6 heteroatoms. The highest BCUT2D eigenvalue weighted by Crippen LogP contribution is 2.11. The van der Waals surface area contributed by atoms with E-state index < -0.39 is 0 Å². The summed E-state index contributed by atoms with van der Waals surface area (Å²) in [6.07, 6.45) is 1.03. The zero-order chi connectivity index (χ0) is 13.9. The highest BCUT2D eigenvalue weighted by molar-refractivity contribution is 5.30. The lowest BCUT2D eigenvalue weighted by Crippen LogP contribution is -2.12. The number of nitrogens with one attached hydrogen (secondary N) is 1. The number of hydrogen-bond donors (Lipinski definition) is 1. The molecule has 0 unspecified atom stereocenters. The van der Waals surface area contributed by atoms with Crippen LogP contribution in [0.3, 0.4) is 0 Å². The van der Waals surface area contributed by atoms with E-state index in [1.165, 1.54) is 0 Å². The second-order valence-corrected chi connectivity index (χ2v) is 4.05. The maximum atomic E-state index is 5.53. The molecule has 0 atom stereocenters. The van der Waals surface area contributed by atoms with E-state index in [0.29, 0.717) is 38.3 Å². The lowest BCUT2D eigenvalue weighted by molar-refractivity contribution is 0.0537. The molecule has 0 radical (unpaired) electrons. The van der Waals surface area contributed by atoms with Crippen molar-refractivity contribution in [2.75, 3.05) is 45.4 Å². The van der Waals surface area contributed by atoms with Crippen molar-refractivity contribution in [2.45, 2.75) is 20.3 Å². The minimum absolute atomic E-state index is 0.466. The highest BCUT2D eigenvalue weighted by Gasteiger charge is 2.02. The van der Waals surface area contributed by atoms with Crippen LogP contribution in [0.1, 0.15) is 19.0 Å². The van der Waals surface area contributed by atoms with E-state index in [0.717, 1.165) is 18.7 Å². The van der Waals surface area contributed by atoms with Crippen LogP contribution >= 0.6 is 0 Å². The number of rotatable bonds is 10. The zero-order valence-corrected chi connectivity index (χ0v) is 11.9. The average Bonchev–Trinajstić information content (AvgIpc) is 2.40. The number of anilines is 1. The molecular formula is C13H23N3O3. The monoisotopic (exact) mass is 269 g/mol. The van der Waals surface area contributed by atoms with Crippen LogP contribution in [0, 0.1) is 6.92 Å². The molecule has 19 heavy (non-hydrogen) atoms. The Morgan fingerprint density at radius 2 is 1.95 bits per heavy atom. The number of ether oxygens (including phenoxy) is 3. The average molecular weight is 269 g/mol. The number of hydrogen-bond acceptors (Lipinski definition) is 6. The predicted molar refractivity (Wildman–Crippen MR) is 73.7 cm³/mol. The van der Waals surface area contributed by atoms with Crippen LogP contribution in [0.2, 0.25) is 0 Å². The van der Waals surface area contributed by atoms with Crippen LogP contribution < -0.4 is 10.1 Å². The molecule has 108 valence electrons. The first-order valence-electron chi connectivity index (χ1n) is 6.55. The van der Waals surface area contributed by atoms with Gasteiger partial charge in [-0.05, 0) is 13.3 Å². The lowest BCUT2D eigenvalue weighted by atomic mass is 10.4. The fraction of sp³-hybridized carbons (Fsp3) is 0.692. The molecule has 0 spiro atoms. The van der Waals surface area contributed by atoms with Crippen molar-refractivity contribution in [2.24, 2.45) is 0 Å². The third-order valence-electron chi connectivity index (χ3n) is 2.27. The van der Waals surface area contributed by atoms with E-state index in [1.54, 1.807) is 7.11 Å². The maximum Gasteiger partial charge on any atom is 0.226 e. The Kier molecular flexibility index (Phi) is 7.84. The van der Waals surface area contributed by atoms with Gasteiger partial charge in [0.2, 0.25) is 11.8 Å². The van der Waals surface area contributed by atoms with Gasteiger partial charge in [0.1, 0.15) is 6.61 Å². The van der Waals surface area contributed by atoms with Crippen molar-refractivity contribution in [1.29, 1.82) is 0 Å². The Bertz CT molecular complexity index is 361. The van der Waals surface area contributed by atoms with Gasteiger partial charge in [0, 0.05) is 25.4 Å². The van der Waals surface area contributed by atoms with E-state index in [2.05, 4.69) is 22.2 Å². The molecule has 1 aromatic rings. The van der Waals surface area contributed by atoms with Gasteiger partial charge in [-0.15, -0.1) is 0 Å². The van der Waals surface area contributed by atoms with Crippen LogP contribution in [-0.4, -0.2) is 50.1 Å². The Hall–Kier alpha value is -1.40. The third-order valence-corrected chi connectivity index (χ3v) is 2.27. The molecule has 0 fully saturated rings. The first-order chi connectivity index (χ1) is 9.26. The molecule has 1 aromatic heterocycles. The van der Waals surface area contributed by atoms with Gasteiger partial charge in [-0.2, -0.15) is 4.98 Å². The minimum atomic E-state index is 0.466. The Morgan fingerprint density at radius 1 is 1.16 bits per heavy atom.